The normalized spacial score (nSPS) is 11.8. The predicted octanol–water partition coefficient (Wildman–Crippen LogP) is 3.20. The standard InChI is InChI=1S/C14H18F3NO2/c1-18(9-4-8-14(15,16)17)10-7-11-5-2-3-6-12(11)13(19)20/h2-3,5-6H,4,7-10H2,1H3,(H,19,20). The molecule has 0 bridgehead atoms. The highest BCUT2D eigenvalue weighted by atomic mass is 19.4. The Morgan fingerprint density at radius 3 is 2.50 bits per heavy atom. The van der Waals surface area contributed by atoms with Crippen molar-refractivity contribution < 1.29 is 23.1 Å². The number of halogens is 3. The third-order valence-corrected chi connectivity index (χ3v) is 3.01. The number of nitrogens with zero attached hydrogens (tertiary/aromatic N) is 1. The van der Waals surface area contributed by atoms with E-state index in [1.54, 1.807) is 30.1 Å². The molecule has 1 N–H and O–H groups in total. The first kappa shape index (κ1) is 16.5. The Kier molecular flexibility index (Phi) is 6.01. The van der Waals surface area contributed by atoms with Gasteiger partial charge in [0.1, 0.15) is 0 Å². The maximum absolute atomic E-state index is 12.0. The largest absolute Gasteiger partial charge is 0.478 e. The minimum Gasteiger partial charge on any atom is -0.478 e. The first-order valence-corrected chi connectivity index (χ1v) is 6.36. The van der Waals surface area contributed by atoms with Crippen LogP contribution in [-0.4, -0.2) is 42.3 Å². The Bertz CT molecular complexity index is 446. The number of carboxylic acid groups (broad SMARTS) is 1. The summed E-state index contributed by atoms with van der Waals surface area (Å²) in [6, 6.07) is 6.67. The summed E-state index contributed by atoms with van der Waals surface area (Å²) in [7, 11) is 1.74. The maximum Gasteiger partial charge on any atom is 0.389 e. The van der Waals surface area contributed by atoms with Crippen LogP contribution in [0.5, 0.6) is 0 Å². The van der Waals surface area contributed by atoms with E-state index in [-0.39, 0.29) is 12.0 Å². The molecule has 0 atom stereocenters. The van der Waals surface area contributed by atoms with Gasteiger partial charge in [0.2, 0.25) is 0 Å². The first-order valence-electron chi connectivity index (χ1n) is 6.36. The van der Waals surface area contributed by atoms with Crippen LogP contribution in [0.3, 0.4) is 0 Å². The molecule has 0 heterocycles. The lowest BCUT2D eigenvalue weighted by molar-refractivity contribution is -0.136. The van der Waals surface area contributed by atoms with Gasteiger partial charge in [0, 0.05) is 13.0 Å². The molecule has 0 amide bonds. The fourth-order valence-corrected chi connectivity index (χ4v) is 1.92. The molecule has 0 unspecified atom stereocenters. The van der Waals surface area contributed by atoms with Crippen LogP contribution in [0.15, 0.2) is 24.3 Å². The predicted molar refractivity (Wildman–Crippen MR) is 69.9 cm³/mol. The zero-order valence-electron chi connectivity index (χ0n) is 11.3. The van der Waals surface area contributed by atoms with E-state index in [9.17, 15) is 18.0 Å². The monoisotopic (exact) mass is 289 g/mol. The van der Waals surface area contributed by atoms with Gasteiger partial charge in [-0.3, -0.25) is 0 Å². The maximum atomic E-state index is 12.0. The van der Waals surface area contributed by atoms with Crippen molar-refractivity contribution in [3.8, 4) is 0 Å². The van der Waals surface area contributed by atoms with Gasteiger partial charge in [-0.25, -0.2) is 4.79 Å². The van der Waals surface area contributed by atoms with Crippen LogP contribution in [-0.2, 0) is 6.42 Å². The second kappa shape index (κ2) is 7.28. The van der Waals surface area contributed by atoms with E-state index in [4.69, 9.17) is 5.11 Å². The molecule has 6 heteroatoms. The van der Waals surface area contributed by atoms with Gasteiger partial charge >= 0.3 is 12.1 Å². The molecule has 0 fully saturated rings. The van der Waals surface area contributed by atoms with Gasteiger partial charge in [-0.05, 0) is 38.1 Å². The summed E-state index contributed by atoms with van der Waals surface area (Å²) in [5.41, 5.74) is 0.943. The lowest BCUT2D eigenvalue weighted by Gasteiger charge is -2.17. The average Bonchev–Trinajstić information content (AvgIpc) is 2.35. The molecule has 0 aromatic heterocycles. The van der Waals surface area contributed by atoms with E-state index in [0.29, 0.717) is 25.1 Å². The fraction of sp³-hybridized carbons (Fsp3) is 0.500. The van der Waals surface area contributed by atoms with Gasteiger partial charge in [0.05, 0.1) is 5.56 Å². The topological polar surface area (TPSA) is 40.5 Å². The van der Waals surface area contributed by atoms with Gasteiger partial charge in [-0.2, -0.15) is 13.2 Å². The molecular formula is C14H18F3NO2. The molecule has 0 radical (unpaired) electrons. The van der Waals surface area contributed by atoms with Crippen LogP contribution >= 0.6 is 0 Å². The molecule has 20 heavy (non-hydrogen) atoms. The number of hydrogen-bond donors (Lipinski definition) is 1. The van der Waals surface area contributed by atoms with Gasteiger partial charge in [-0.15, -0.1) is 0 Å². The summed E-state index contributed by atoms with van der Waals surface area (Å²) in [4.78, 5) is 12.8. The van der Waals surface area contributed by atoms with Gasteiger partial charge in [-0.1, -0.05) is 18.2 Å². The van der Waals surface area contributed by atoms with E-state index in [2.05, 4.69) is 0 Å². The zero-order valence-corrected chi connectivity index (χ0v) is 11.3. The summed E-state index contributed by atoms with van der Waals surface area (Å²) in [6.45, 7) is 0.872. The lowest BCUT2D eigenvalue weighted by atomic mass is 10.0. The average molecular weight is 289 g/mol. The minimum atomic E-state index is -4.11. The highest BCUT2D eigenvalue weighted by Crippen LogP contribution is 2.21. The summed E-state index contributed by atoms with van der Waals surface area (Å²) < 4.78 is 36.0. The number of carbonyl (C=O) groups is 1. The van der Waals surface area contributed by atoms with Crippen LogP contribution in [0.1, 0.15) is 28.8 Å². The highest BCUT2D eigenvalue weighted by molar-refractivity contribution is 5.89. The Morgan fingerprint density at radius 1 is 1.25 bits per heavy atom. The SMILES string of the molecule is CN(CCCC(F)(F)F)CCc1ccccc1C(=O)O. The van der Waals surface area contributed by atoms with Crippen molar-refractivity contribution in [2.75, 3.05) is 20.1 Å². The van der Waals surface area contributed by atoms with Crippen molar-refractivity contribution in [2.45, 2.75) is 25.4 Å². The molecule has 0 aliphatic carbocycles. The second-order valence-corrected chi connectivity index (χ2v) is 4.73. The summed E-state index contributed by atoms with van der Waals surface area (Å²) in [5, 5.41) is 9.02. The van der Waals surface area contributed by atoms with Crippen LogP contribution < -0.4 is 0 Å². The number of carboxylic acids is 1. The molecule has 0 aliphatic heterocycles. The van der Waals surface area contributed by atoms with Gasteiger partial charge < -0.3 is 10.0 Å². The zero-order chi connectivity index (χ0) is 15.2. The molecule has 3 nitrogen and oxygen atoms in total. The molecular weight excluding hydrogens is 271 g/mol. The molecule has 0 saturated carbocycles. The number of likely N-dealkylation sites (N-methyl/N-ethyl adjacent to an activating group) is 1. The van der Waals surface area contributed by atoms with Crippen molar-refractivity contribution in [1.29, 1.82) is 0 Å². The summed E-state index contributed by atoms with van der Waals surface area (Å²) in [5.74, 6) is -0.986. The molecule has 0 spiro atoms. The third-order valence-electron chi connectivity index (χ3n) is 3.01. The second-order valence-electron chi connectivity index (χ2n) is 4.73. The Labute approximate surface area is 116 Å². The number of hydrogen-bond acceptors (Lipinski definition) is 2. The van der Waals surface area contributed by atoms with Crippen molar-refractivity contribution >= 4 is 5.97 Å². The number of aromatic carboxylic acids is 1. The Hall–Kier alpha value is -1.56. The van der Waals surface area contributed by atoms with Crippen molar-refractivity contribution in [2.24, 2.45) is 0 Å². The fourth-order valence-electron chi connectivity index (χ4n) is 1.92. The molecule has 1 aromatic rings. The Morgan fingerprint density at radius 2 is 1.90 bits per heavy atom. The number of alkyl halides is 3. The Balaban J connectivity index is 2.41. The van der Waals surface area contributed by atoms with E-state index >= 15 is 0 Å². The smallest absolute Gasteiger partial charge is 0.389 e. The summed E-state index contributed by atoms with van der Waals surface area (Å²) >= 11 is 0. The van der Waals surface area contributed by atoms with Crippen LogP contribution in [0.25, 0.3) is 0 Å². The van der Waals surface area contributed by atoms with Crippen LogP contribution in [0.4, 0.5) is 13.2 Å². The van der Waals surface area contributed by atoms with Crippen molar-refractivity contribution in [3.63, 3.8) is 0 Å². The van der Waals surface area contributed by atoms with E-state index in [0.717, 1.165) is 0 Å². The van der Waals surface area contributed by atoms with E-state index in [1.165, 1.54) is 6.07 Å². The lowest BCUT2D eigenvalue weighted by Crippen LogP contribution is -2.24. The van der Waals surface area contributed by atoms with E-state index < -0.39 is 18.6 Å². The number of benzene rings is 1. The van der Waals surface area contributed by atoms with Crippen molar-refractivity contribution in [1.82, 2.24) is 4.90 Å². The third kappa shape index (κ3) is 6.06. The molecule has 112 valence electrons. The number of rotatable bonds is 7. The van der Waals surface area contributed by atoms with Crippen LogP contribution in [0.2, 0.25) is 0 Å². The quantitative estimate of drug-likeness (QED) is 0.838. The summed E-state index contributed by atoms with van der Waals surface area (Å²) in [6.07, 6.45) is -4.34. The van der Waals surface area contributed by atoms with Crippen molar-refractivity contribution in [3.05, 3.63) is 35.4 Å². The molecule has 0 aliphatic rings. The molecule has 1 aromatic carbocycles. The highest BCUT2D eigenvalue weighted by Gasteiger charge is 2.26. The molecule has 0 saturated heterocycles. The minimum absolute atomic E-state index is 0.0561. The van der Waals surface area contributed by atoms with Gasteiger partial charge in [0.25, 0.3) is 0 Å². The van der Waals surface area contributed by atoms with Crippen LogP contribution in [0, 0.1) is 0 Å². The first-order chi connectivity index (χ1) is 9.29. The molecule has 1 rings (SSSR count). The van der Waals surface area contributed by atoms with E-state index in [1.807, 2.05) is 0 Å². The van der Waals surface area contributed by atoms with Gasteiger partial charge in [0.15, 0.2) is 0 Å².